The van der Waals surface area contributed by atoms with E-state index in [0.29, 0.717) is 6.42 Å². The Labute approximate surface area is 120 Å². The lowest BCUT2D eigenvalue weighted by atomic mass is 9.87. The second-order valence-electron chi connectivity index (χ2n) is 6.54. The molecule has 2 atom stereocenters. The third-order valence-electron chi connectivity index (χ3n) is 4.50. The predicted octanol–water partition coefficient (Wildman–Crippen LogP) is 3.31. The molecule has 1 aliphatic carbocycles. The summed E-state index contributed by atoms with van der Waals surface area (Å²) in [6.07, 6.45) is 9.78. The van der Waals surface area contributed by atoms with Crippen molar-refractivity contribution in [2.45, 2.75) is 64.3 Å². The number of nitrogens with zero attached hydrogens (tertiary/aromatic N) is 1. The number of hydrogen-bond acceptors (Lipinski definition) is 3. The molecule has 1 fully saturated rings. The first-order chi connectivity index (χ1) is 9.45. The van der Waals surface area contributed by atoms with Gasteiger partial charge in [0.05, 0.1) is 23.5 Å². The minimum absolute atomic E-state index is 0.125. The maximum atomic E-state index is 10.2. The van der Waals surface area contributed by atoms with Crippen molar-refractivity contribution in [3.05, 3.63) is 35.1 Å². The highest BCUT2D eigenvalue weighted by atomic mass is 16.5. The van der Waals surface area contributed by atoms with Gasteiger partial charge in [-0.25, -0.2) is 0 Å². The van der Waals surface area contributed by atoms with E-state index in [1.807, 2.05) is 20.8 Å². The maximum Gasteiger partial charge on any atom is 0.0895 e. The molecule has 0 aromatic rings. The SMILES string of the molecule is CC1=NC2=C(CC=C1)CCC1OC(C)(C)C(O)CC1=C2. The summed E-state index contributed by atoms with van der Waals surface area (Å²) < 4.78 is 6.12. The van der Waals surface area contributed by atoms with Gasteiger partial charge in [-0.15, -0.1) is 0 Å². The van der Waals surface area contributed by atoms with Crippen LogP contribution in [0.1, 0.15) is 46.5 Å². The number of aliphatic hydroxyl groups excluding tert-OH is 1. The van der Waals surface area contributed by atoms with Crippen LogP contribution < -0.4 is 0 Å². The van der Waals surface area contributed by atoms with Crippen LogP contribution >= 0.6 is 0 Å². The Bertz CT molecular complexity index is 537. The first-order valence-corrected chi connectivity index (χ1v) is 7.46. The molecule has 0 amide bonds. The summed E-state index contributed by atoms with van der Waals surface area (Å²) in [5.74, 6) is 0. The normalized spacial score (nSPS) is 32.6. The summed E-state index contributed by atoms with van der Waals surface area (Å²) in [5.41, 5.74) is 4.25. The van der Waals surface area contributed by atoms with Crippen molar-refractivity contribution in [2.24, 2.45) is 4.99 Å². The highest BCUT2D eigenvalue weighted by molar-refractivity contribution is 5.94. The molecule has 3 aliphatic rings. The van der Waals surface area contributed by atoms with Gasteiger partial charge in [-0.3, -0.25) is 4.99 Å². The fraction of sp³-hybridized carbons (Fsp3) is 0.588. The number of aliphatic imine (C=N–C) groups is 1. The molecule has 0 spiro atoms. The first kappa shape index (κ1) is 13.8. The summed E-state index contributed by atoms with van der Waals surface area (Å²) in [4.78, 5) is 4.71. The van der Waals surface area contributed by atoms with Crippen LogP contribution in [0.2, 0.25) is 0 Å². The van der Waals surface area contributed by atoms with E-state index < -0.39 is 11.7 Å². The average molecular weight is 273 g/mol. The van der Waals surface area contributed by atoms with Crippen LogP contribution in [0.5, 0.6) is 0 Å². The Hall–Kier alpha value is -1.19. The van der Waals surface area contributed by atoms with Crippen molar-refractivity contribution in [3.8, 4) is 0 Å². The third kappa shape index (κ3) is 2.52. The van der Waals surface area contributed by atoms with Gasteiger partial charge in [-0.05, 0) is 69.8 Å². The zero-order valence-corrected chi connectivity index (χ0v) is 12.5. The Morgan fingerprint density at radius 3 is 3.00 bits per heavy atom. The largest absolute Gasteiger partial charge is 0.390 e. The minimum atomic E-state index is -0.456. The van der Waals surface area contributed by atoms with Crippen LogP contribution in [0.3, 0.4) is 0 Å². The molecule has 0 saturated carbocycles. The highest BCUT2D eigenvalue weighted by Gasteiger charge is 2.39. The van der Waals surface area contributed by atoms with Gasteiger partial charge in [0.1, 0.15) is 0 Å². The van der Waals surface area contributed by atoms with Crippen molar-refractivity contribution < 1.29 is 9.84 Å². The molecule has 0 radical (unpaired) electrons. The van der Waals surface area contributed by atoms with Crippen LogP contribution in [0.15, 0.2) is 40.1 Å². The van der Waals surface area contributed by atoms with Crippen LogP contribution in [0.4, 0.5) is 0 Å². The van der Waals surface area contributed by atoms with E-state index in [4.69, 9.17) is 9.73 Å². The van der Waals surface area contributed by atoms with Crippen LogP contribution in [-0.4, -0.2) is 28.6 Å². The molecule has 3 rings (SSSR count). The van der Waals surface area contributed by atoms with Crippen molar-refractivity contribution in [1.82, 2.24) is 0 Å². The summed E-state index contributed by atoms with van der Waals surface area (Å²) in [6, 6.07) is 0. The first-order valence-electron chi connectivity index (χ1n) is 7.46. The number of rotatable bonds is 0. The molecule has 2 unspecified atom stereocenters. The van der Waals surface area contributed by atoms with E-state index in [0.717, 1.165) is 30.7 Å². The molecule has 2 heterocycles. The summed E-state index contributed by atoms with van der Waals surface area (Å²) in [7, 11) is 0. The van der Waals surface area contributed by atoms with Crippen molar-refractivity contribution in [2.75, 3.05) is 0 Å². The molecular formula is C17H23NO2. The molecule has 1 N–H and O–H groups in total. The van der Waals surface area contributed by atoms with Crippen molar-refractivity contribution >= 4 is 5.71 Å². The number of aliphatic hydroxyl groups is 1. The van der Waals surface area contributed by atoms with E-state index in [2.05, 4.69) is 18.2 Å². The van der Waals surface area contributed by atoms with Gasteiger partial charge in [0.15, 0.2) is 0 Å². The zero-order chi connectivity index (χ0) is 14.3. The quantitative estimate of drug-likeness (QED) is 0.735. The lowest BCUT2D eigenvalue weighted by Gasteiger charge is -2.41. The van der Waals surface area contributed by atoms with Crippen LogP contribution in [0, 0.1) is 0 Å². The standard InChI is InChI=1S/C17H23NO2/c1-11-5-4-6-12-7-8-15-13(9-14(12)18-11)10-16(19)17(2,3)20-15/h4-5,9,15-16,19H,6-8,10H2,1-3H3. The van der Waals surface area contributed by atoms with Gasteiger partial charge in [0.25, 0.3) is 0 Å². The lowest BCUT2D eigenvalue weighted by molar-refractivity contribution is -0.148. The molecule has 0 bridgehead atoms. The summed E-state index contributed by atoms with van der Waals surface area (Å²) >= 11 is 0. The number of hydrogen-bond donors (Lipinski definition) is 1. The van der Waals surface area contributed by atoms with Crippen molar-refractivity contribution in [3.63, 3.8) is 0 Å². The highest BCUT2D eigenvalue weighted by Crippen LogP contribution is 2.38. The third-order valence-corrected chi connectivity index (χ3v) is 4.50. The molecule has 2 aliphatic heterocycles. The average Bonchev–Trinajstić information content (AvgIpc) is 2.61. The smallest absolute Gasteiger partial charge is 0.0895 e. The molecule has 3 nitrogen and oxygen atoms in total. The van der Waals surface area contributed by atoms with E-state index in [-0.39, 0.29) is 6.10 Å². The van der Waals surface area contributed by atoms with Gasteiger partial charge in [-0.2, -0.15) is 0 Å². The topological polar surface area (TPSA) is 41.8 Å². The molecular weight excluding hydrogens is 250 g/mol. The predicted molar refractivity (Wildman–Crippen MR) is 80.8 cm³/mol. The molecule has 0 aromatic carbocycles. The van der Waals surface area contributed by atoms with E-state index in [9.17, 15) is 5.11 Å². The van der Waals surface area contributed by atoms with Crippen molar-refractivity contribution in [1.29, 1.82) is 0 Å². The Morgan fingerprint density at radius 2 is 2.20 bits per heavy atom. The van der Waals surface area contributed by atoms with E-state index >= 15 is 0 Å². The monoisotopic (exact) mass is 273 g/mol. The molecule has 3 heteroatoms. The van der Waals surface area contributed by atoms with E-state index in [1.54, 1.807) is 0 Å². The van der Waals surface area contributed by atoms with Gasteiger partial charge >= 0.3 is 0 Å². The minimum Gasteiger partial charge on any atom is -0.390 e. The second-order valence-corrected chi connectivity index (χ2v) is 6.54. The fourth-order valence-corrected chi connectivity index (χ4v) is 3.15. The van der Waals surface area contributed by atoms with Gasteiger partial charge < -0.3 is 9.84 Å². The molecule has 1 saturated heterocycles. The molecule has 0 aromatic heterocycles. The molecule has 20 heavy (non-hydrogen) atoms. The second kappa shape index (κ2) is 4.97. The Kier molecular flexibility index (Phi) is 3.43. The summed E-state index contributed by atoms with van der Waals surface area (Å²) in [6.45, 7) is 5.98. The summed E-state index contributed by atoms with van der Waals surface area (Å²) in [5, 5.41) is 10.2. The number of fused-ring (bicyclic) bond motifs is 1. The Balaban J connectivity index is 1.94. The van der Waals surface area contributed by atoms with E-state index in [1.165, 1.54) is 11.1 Å². The van der Waals surface area contributed by atoms with Gasteiger partial charge in [-0.1, -0.05) is 6.08 Å². The fourth-order valence-electron chi connectivity index (χ4n) is 3.15. The zero-order valence-electron chi connectivity index (χ0n) is 12.5. The Morgan fingerprint density at radius 1 is 1.40 bits per heavy atom. The lowest BCUT2D eigenvalue weighted by Crippen LogP contribution is -2.47. The van der Waals surface area contributed by atoms with Gasteiger partial charge in [0, 0.05) is 5.71 Å². The van der Waals surface area contributed by atoms with Crippen LogP contribution in [-0.2, 0) is 4.74 Å². The molecule has 108 valence electrons. The number of allylic oxidation sites excluding steroid dienone is 4. The van der Waals surface area contributed by atoms with Gasteiger partial charge in [0.2, 0.25) is 0 Å². The number of ether oxygens (including phenoxy) is 1. The van der Waals surface area contributed by atoms with Crippen LogP contribution in [0.25, 0.3) is 0 Å². The maximum absolute atomic E-state index is 10.2.